The maximum absolute atomic E-state index is 11.6. The molecule has 1 fully saturated rings. The summed E-state index contributed by atoms with van der Waals surface area (Å²) in [6.45, 7) is 0. The van der Waals surface area contributed by atoms with E-state index in [2.05, 4.69) is 4.74 Å². The summed E-state index contributed by atoms with van der Waals surface area (Å²) < 4.78 is 4.69. The Balaban J connectivity index is 2.51. The molecule has 0 bridgehead atoms. The Hall–Kier alpha value is -1.84. The first kappa shape index (κ1) is 11.6. The minimum Gasteiger partial charge on any atom is -0.481 e. The molecule has 0 heterocycles. The van der Waals surface area contributed by atoms with E-state index < -0.39 is 17.4 Å². The SMILES string of the molecule is COC(=O)c1ccccc1C1(C(=O)O)CCC1. The summed E-state index contributed by atoms with van der Waals surface area (Å²) in [6.07, 6.45) is 2.04. The van der Waals surface area contributed by atoms with Crippen molar-refractivity contribution in [2.45, 2.75) is 24.7 Å². The van der Waals surface area contributed by atoms with Crippen molar-refractivity contribution in [2.75, 3.05) is 7.11 Å². The molecule has 1 aliphatic carbocycles. The number of ether oxygens (including phenoxy) is 1. The predicted octanol–water partition coefficient (Wildman–Crippen LogP) is 1.98. The van der Waals surface area contributed by atoms with Gasteiger partial charge in [0.25, 0.3) is 0 Å². The number of carboxylic acids is 1. The van der Waals surface area contributed by atoms with Crippen LogP contribution in [0.25, 0.3) is 0 Å². The molecule has 0 atom stereocenters. The third kappa shape index (κ3) is 1.69. The highest BCUT2D eigenvalue weighted by atomic mass is 16.5. The molecule has 17 heavy (non-hydrogen) atoms. The number of esters is 1. The van der Waals surface area contributed by atoms with Gasteiger partial charge < -0.3 is 9.84 Å². The van der Waals surface area contributed by atoms with Crippen molar-refractivity contribution in [3.63, 3.8) is 0 Å². The van der Waals surface area contributed by atoms with Gasteiger partial charge in [0.15, 0.2) is 0 Å². The fourth-order valence-electron chi connectivity index (χ4n) is 2.32. The molecule has 0 unspecified atom stereocenters. The smallest absolute Gasteiger partial charge is 0.338 e. The third-order valence-electron chi connectivity index (χ3n) is 3.46. The zero-order chi connectivity index (χ0) is 12.5. The number of hydrogen-bond donors (Lipinski definition) is 1. The van der Waals surface area contributed by atoms with Crippen LogP contribution in [0.4, 0.5) is 0 Å². The molecule has 1 saturated carbocycles. The standard InChI is InChI=1S/C13H14O4/c1-17-11(14)9-5-2-3-6-10(9)13(12(15)16)7-4-8-13/h2-3,5-6H,4,7-8H2,1H3,(H,15,16). The number of methoxy groups -OCH3 is 1. The van der Waals surface area contributed by atoms with Crippen LogP contribution in [-0.4, -0.2) is 24.2 Å². The molecule has 2 rings (SSSR count). The molecule has 1 aromatic carbocycles. The number of carboxylic acid groups (broad SMARTS) is 1. The van der Waals surface area contributed by atoms with Crippen LogP contribution in [-0.2, 0) is 14.9 Å². The van der Waals surface area contributed by atoms with Gasteiger partial charge in [-0.3, -0.25) is 4.79 Å². The predicted molar refractivity (Wildman–Crippen MR) is 60.9 cm³/mol. The molecule has 0 aliphatic heterocycles. The van der Waals surface area contributed by atoms with Crippen molar-refractivity contribution in [3.8, 4) is 0 Å². The molecule has 1 aromatic rings. The number of aliphatic carboxylic acids is 1. The lowest BCUT2D eigenvalue weighted by Gasteiger charge is -2.38. The van der Waals surface area contributed by atoms with Crippen LogP contribution in [0.2, 0.25) is 0 Å². The van der Waals surface area contributed by atoms with E-state index in [0.29, 0.717) is 24.0 Å². The first-order valence-electron chi connectivity index (χ1n) is 5.53. The first-order valence-corrected chi connectivity index (χ1v) is 5.53. The third-order valence-corrected chi connectivity index (χ3v) is 3.46. The van der Waals surface area contributed by atoms with Gasteiger partial charge in [0.2, 0.25) is 0 Å². The highest BCUT2D eigenvalue weighted by Gasteiger charge is 2.47. The second kappa shape index (κ2) is 4.20. The highest BCUT2D eigenvalue weighted by molar-refractivity contribution is 5.95. The van der Waals surface area contributed by atoms with Gasteiger partial charge in [-0.2, -0.15) is 0 Å². The topological polar surface area (TPSA) is 63.6 Å². The molecule has 0 spiro atoms. The maximum atomic E-state index is 11.6. The Labute approximate surface area is 99.2 Å². The van der Waals surface area contributed by atoms with Crippen LogP contribution < -0.4 is 0 Å². The molecule has 0 amide bonds. The molecule has 0 saturated heterocycles. The number of rotatable bonds is 3. The highest BCUT2D eigenvalue weighted by Crippen LogP contribution is 2.45. The maximum Gasteiger partial charge on any atom is 0.338 e. The summed E-state index contributed by atoms with van der Waals surface area (Å²) >= 11 is 0. The lowest BCUT2D eigenvalue weighted by Crippen LogP contribution is -2.43. The molecule has 4 heteroatoms. The molecule has 0 aromatic heterocycles. The summed E-state index contributed by atoms with van der Waals surface area (Å²) in [7, 11) is 1.30. The van der Waals surface area contributed by atoms with Crippen LogP contribution in [0.3, 0.4) is 0 Å². The monoisotopic (exact) mass is 234 g/mol. The van der Waals surface area contributed by atoms with E-state index in [0.717, 1.165) is 6.42 Å². The fraction of sp³-hybridized carbons (Fsp3) is 0.385. The average Bonchev–Trinajstić information content (AvgIpc) is 2.27. The lowest BCUT2D eigenvalue weighted by atomic mass is 9.63. The Kier molecular flexibility index (Phi) is 2.88. The van der Waals surface area contributed by atoms with Crippen molar-refractivity contribution < 1.29 is 19.4 Å². The summed E-state index contributed by atoms with van der Waals surface area (Å²) in [5.41, 5.74) is 0.0350. The minimum absolute atomic E-state index is 0.358. The van der Waals surface area contributed by atoms with Crippen LogP contribution >= 0.6 is 0 Å². The molecule has 1 aliphatic rings. The van der Waals surface area contributed by atoms with E-state index in [1.54, 1.807) is 24.3 Å². The van der Waals surface area contributed by atoms with E-state index in [1.165, 1.54) is 7.11 Å². The summed E-state index contributed by atoms with van der Waals surface area (Å²) in [5.74, 6) is -1.34. The van der Waals surface area contributed by atoms with Gasteiger partial charge in [0, 0.05) is 0 Å². The van der Waals surface area contributed by atoms with Crippen LogP contribution in [0, 0.1) is 0 Å². The van der Waals surface area contributed by atoms with Gasteiger partial charge in [-0.15, -0.1) is 0 Å². The minimum atomic E-state index is -0.898. The van der Waals surface area contributed by atoms with Crippen molar-refractivity contribution in [1.29, 1.82) is 0 Å². The number of benzene rings is 1. The first-order chi connectivity index (χ1) is 8.12. The van der Waals surface area contributed by atoms with Gasteiger partial charge in [0.1, 0.15) is 0 Å². The second-order valence-electron chi connectivity index (χ2n) is 4.28. The van der Waals surface area contributed by atoms with Gasteiger partial charge in [0.05, 0.1) is 18.1 Å². The largest absolute Gasteiger partial charge is 0.481 e. The Morgan fingerprint density at radius 1 is 1.29 bits per heavy atom. The van der Waals surface area contributed by atoms with Gasteiger partial charge in [-0.05, 0) is 24.5 Å². The summed E-state index contributed by atoms with van der Waals surface area (Å²) in [5, 5.41) is 9.36. The Bertz CT molecular complexity index is 460. The molecule has 1 N–H and O–H groups in total. The average molecular weight is 234 g/mol. The van der Waals surface area contributed by atoms with Crippen molar-refractivity contribution in [1.82, 2.24) is 0 Å². The number of carbonyl (C=O) groups excluding carboxylic acids is 1. The summed E-state index contributed by atoms with van der Waals surface area (Å²) in [6, 6.07) is 6.79. The quantitative estimate of drug-likeness (QED) is 0.812. The van der Waals surface area contributed by atoms with Gasteiger partial charge >= 0.3 is 11.9 Å². The molecule has 90 valence electrons. The van der Waals surface area contributed by atoms with Crippen molar-refractivity contribution >= 4 is 11.9 Å². The van der Waals surface area contributed by atoms with E-state index in [-0.39, 0.29) is 0 Å². The van der Waals surface area contributed by atoms with Crippen molar-refractivity contribution in [3.05, 3.63) is 35.4 Å². The van der Waals surface area contributed by atoms with E-state index in [9.17, 15) is 14.7 Å². The fourth-order valence-corrected chi connectivity index (χ4v) is 2.32. The molecule has 0 radical (unpaired) electrons. The van der Waals surface area contributed by atoms with Crippen LogP contribution in [0.5, 0.6) is 0 Å². The molecular formula is C13H14O4. The number of carbonyl (C=O) groups is 2. The summed E-state index contributed by atoms with van der Waals surface area (Å²) in [4.78, 5) is 23.0. The van der Waals surface area contributed by atoms with Crippen LogP contribution in [0.15, 0.2) is 24.3 Å². The van der Waals surface area contributed by atoms with E-state index >= 15 is 0 Å². The number of hydrogen-bond acceptors (Lipinski definition) is 3. The molecule has 4 nitrogen and oxygen atoms in total. The van der Waals surface area contributed by atoms with Crippen molar-refractivity contribution in [2.24, 2.45) is 0 Å². The Morgan fingerprint density at radius 3 is 2.41 bits per heavy atom. The lowest BCUT2D eigenvalue weighted by molar-refractivity contribution is -0.147. The normalized spacial score (nSPS) is 17.0. The zero-order valence-electron chi connectivity index (χ0n) is 9.60. The van der Waals surface area contributed by atoms with E-state index in [1.807, 2.05) is 0 Å². The zero-order valence-corrected chi connectivity index (χ0v) is 9.60. The van der Waals surface area contributed by atoms with Gasteiger partial charge in [-0.1, -0.05) is 24.6 Å². The molecular weight excluding hydrogens is 220 g/mol. The Morgan fingerprint density at radius 2 is 1.94 bits per heavy atom. The van der Waals surface area contributed by atoms with Gasteiger partial charge in [-0.25, -0.2) is 4.79 Å². The van der Waals surface area contributed by atoms with E-state index in [4.69, 9.17) is 0 Å². The van der Waals surface area contributed by atoms with Crippen LogP contribution in [0.1, 0.15) is 35.2 Å². The second-order valence-corrected chi connectivity index (χ2v) is 4.28.